The topological polar surface area (TPSA) is 54.0 Å². The summed E-state index contributed by atoms with van der Waals surface area (Å²) < 4.78 is 0. The molecule has 0 saturated heterocycles. The summed E-state index contributed by atoms with van der Waals surface area (Å²) in [7, 11) is 0. The second-order valence-electron chi connectivity index (χ2n) is 6.31. The van der Waals surface area contributed by atoms with Gasteiger partial charge in [-0.3, -0.25) is 4.79 Å². The van der Waals surface area contributed by atoms with Crippen LogP contribution in [0, 0.1) is 6.92 Å². The van der Waals surface area contributed by atoms with Crippen molar-refractivity contribution >= 4 is 39.4 Å². The molecular weight excluding hydrogens is 386 g/mol. The molecule has 2 N–H and O–H groups in total. The van der Waals surface area contributed by atoms with Gasteiger partial charge in [-0.2, -0.15) is 11.3 Å². The molecule has 0 saturated carbocycles. The fourth-order valence-corrected chi connectivity index (χ4v) is 4.62. The van der Waals surface area contributed by atoms with Crippen molar-refractivity contribution in [3.63, 3.8) is 0 Å². The molecule has 0 bridgehead atoms. The van der Waals surface area contributed by atoms with E-state index in [2.05, 4.69) is 45.4 Å². The molecule has 1 unspecified atom stereocenters. The maximum atomic E-state index is 12.7. The van der Waals surface area contributed by atoms with Crippen molar-refractivity contribution in [3.05, 3.63) is 99.2 Å². The number of aromatic nitrogens is 1. The Bertz CT molecular complexity index is 1040. The van der Waals surface area contributed by atoms with Crippen LogP contribution in [0.2, 0.25) is 0 Å². The third-order valence-corrected chi connectivity index (χ3v) is 5.97. The minimum Gasteiger partial charge on any atom is -0.359 e. The second kappa shape index (κ2) is 8.37. The van der Waals surface area contributed by atoms with Crippen LogP contribution in [0.1, 0.15) is 32.4 Å². The molecule has 4 aromatic rings. The van der Waals surface area contributed by atoms with Gasteiger partial charge in [-0.05, 0) is 59.6 Å². The van der Waals surface area contributed by atoms with Crippen LogP contribution < -0.4 is 10.6 Å². The van der Waals surface area contributed by atoms with Crippen molar-refractivity contribution in [2.45, 2.75) is 13.0 Å². The first-order valence-electron chi connectivity index (χ1n) is 8.87. The van der Waals surface area contributed by atoms with E-state index in [9.17, 15) is 4.79 Å². The fourth-order valence-electron chi connectivity index (χ4n) is 2.99. The number of pyridine rings is 1. The Morgan fingerprint density at radius 3 is 2.61 bits per heavy atom. The third-order valence-electron chi connectivity index (χ3n) is 4.29. The Hall–Kier alpha value is -2.96. The maximum Gasteiger partial charge on any atom is 0.256 e. The van der Waals surface area contributed by atoms with Crippen LogP contribution in [-0.4, -0.2) is 10.9 Å². The summed E-state index contributed by atoms with van der Waals surface area (Å²) in [5.74, 6) is 0.688. The van der Waals surface area contributed by atoms with E-state index in [0.29, 0.717) is 5.56 Å². The fraction of sp³-hybridized carbons (Fsp3) is 0.0909. The van der Waals surface area contributed by atoms with Crippen molar-refractivity contribution in [1.82, 2.24) is 4.98 Å². The molecule has 140 valence electrons. The Balaban J connectivity index is 1.68. The van der Waals surface area contributed by atoms with Gasteiger partial charge in [0, 0.05) is 22.2 Å². The summed E-state index contributed by atoms with van der Waals surface area (Å²) in [6.07, 6.45) is 1.77. The molecule has 0 fully saturated rings. The molecule has 1 amide bonds. The van der Waals surface area contributed by atoms with E-state index in [1.165, 1.54) is 0 Å². The van der Waals surface area contributed by atoms with Gasteiger partial charge >= 0.3 is 0 Å². The molecule has 1 atom stereocenters. The number of hydrogen-bond acceptors (Lipinski definition) is 5. The molecule has 0 aliphatic carbocycles. The zero-order valence-electron chi connectivity index (χ0n) is 15.3. The maximum absolute atomic E-state index is 12.7. The molecule has 1 aromatic carbocycles. The van der Waals surface area contributed by atoms with Gasteiger partial charge in [0.2, 0.25) is 0 Å². The van der Waals surface area contributed by atoms with Crippen molar-refractivity contribution in [3.8, 4) is 0 Å². The minimum absolute atomic E-state index is 0.0998. The van der Waals surface area contributed by atoms with Gasteiger partial charge in [-0.1, -0.05) is 24.3 Å². The van der Waals surface area contributed by atoms with E-state index in [0.717, 1.165) is 26.8 Å². The number of hydrogen-bond donors (Lipinski definition) is 2. The van der Waals surface area contributed by atoms with E-state index < -0.39 is 0 Å². The molecule has 28 heavy (non-hydrogen) atoms. The molecule has 0 radical (unpaired) electrons. The predicted molar refractivity (Wildman–Crippen MR) is 117 cm³/mol. The smallest absolute Gasteiger partial charge is 0.256 e. The van der Waals surface area contributed by atoms with E-state index in [-0.39, 0.29) is 11.9 Å². The zero-order chi connectivity index (χ0) is 19.3. The van der Waals surface area contributed by atoms with Crippen LogP contribution >= 0.6 is 22.7 Å². The minimum atomic E-state index is -0.106. The molecule has 0 aliphatic heterocycles. The Kier molecular flexibility index (Phi) is 5.50. The quantitative estimate of drug-likeness (QED) is 0.416. The van der Waals surface area contributed by atoms with Crippen LogP contribution in [0.15, 0.2) is 77.6 Å². The molecular formula is C22H19N3OS2. The SMILES string of the molecule is Cc1cc(C(Nc2ccccn2)c2ccsc2)c(NC(=O)c2ccccc2)s1. The number of anilines is 2. The first kappa shape index (κ1) is 18.4. The molecule has 4 rings (SSSR count). The number of nitrogens with zero attached hydrogens (tertiary/aromatic N) is 1. The molecule has 3 aromatic heterocycles. The van der Waals surface area contributed by atoms with Gasteiger partial charge in [0.15, 0.2) is 0 Å². The largest absolute Gasteiger partial charge is 0.359 e. The average Bonchev–Trinajstić information content (AvgIpc) is 3.38. The molecule has 3 heterocycles. The van der Waals surface area contributed by atoms with Crippen molar-refractivity contribution < 1.29 is 4.79 Å². The number of aryl methyl sites for hydroxylation is 1. The average molecular weight is 406 g/mol. The van der Waals surface area contributed by atoms with Crippen LogP contribution in [0.25, 0.3) is 0 Å². The predicted octanol–water partition coefficient (Wildman–Crippen LogP) is 5.97. The standard InChI is InChI=1S/C22H19N3OS2/c1-15-13-18(22(28-15)25-21(26)16-7-3-2-4-8-16)20(17-10-12-27-14-17)24-19-9-5-6-11-23-19/h2-14,20H,1H3,(H,23,24)(H,25,26). The highest BCUT2D eigenvalue weighted by Gasteiger charge is 2.22. The Morgan fingerprint density at radius 1 is 1.07 bits per heavy atom. The van der Waals surface area contributed by atoms with Crippen LogP contribution in [0.5, 0.6) is 0 Å². The monoisotopic (exact) mass is 405 g/mol. The highest BCUT2D eigenvalue weighted by atomic mass is 32.1. The summed E-state index contributed by atoms with van der Waals surface area (Å²) in [5.41, 5.74) is 2.82. The van der Waals surface area contributed by atoms with Crippen molar-refractivity contribution in [1.29, 1.82) is 0 Å². The summed E-state index contributed by atoms with van der Waals surface area (Å²) >= 11 is 3.24. The lowest BCUT2D eigenvalue weighted by atomic mass is 10.0. The highest BCUT2D eigenvalue weighted by molar-refractivity contribution is 7.16. The van der Waals surface area contributed by atoms with Gasteiger partial charge in [-0.15, -0.1) is 11.3 Å². The normalized spacial score (nSPS) is 11.8. The Labute approximate surface area is 171 Å². The lowest BCUT2D eigenvalue weighted by Gasteiger charge is -2.19. The van der Waals surface area contributed by atoms with Crippen LogP contribution in [0.3, 0.4) is 0 Å². The number of thiophene rings is 2. The molecule has 0 spiro atoms. The number of carbonyl (C=O) groups is 1. The van der Waals surface area contributed by atoms with Crippen molar-refractivity contribution in [2.24, 2.45) is 0 Å². The first-order chi connectivity index (χ1) is 13.7. The summed E-state index contributed by atoms with van der Waals surface area (Å²) in [5, 5.41) is 11.6. The highest BCUT2D eigenvalue weighted by Crippen LogP contribution is 2.38. The lowest BCUT2D eigenvalue weighted by molar-refractivity contribution is 0.102. The number of amides is 1. The van der Waals surface area contributed by atoms with E-state index in [4.69, 9.17) is 0 Å². The van der Waals surface area contributed by atoms with Crippen molar-refractivity contribution in [2.75, 3.05) is 10.6 Å². The second-order valence-corrected chi connectivity index (χ2v) is 8.35. The molecule has 6 heteroatoms. The number of nitrogens with one attached hydrogen (secondary N) is 2. The first-order valence-corrected chi connectivity index (χ1v) is 10.6. The summed E-state index contributed by atoms with van der Waals surface area (Å²) in [6.45, 7) is 2.05. The van der Waals surface area contributed by atoms with Gasteiger partial charge in [-0.25, -0.2) is 4.98 Å². The van der Waals surface area contributed by atoms with E-state index >= 15 is 0 Å². The van der Waals surface area contributed by atoms with E-state index in [1.54, 1.807) is 28.9 Å². The van der Waals surface area contributed by atoms with E-state index in [1.807, 2.05) is 48.5 Å². The zero-order valence-corrected chi connectivity index (χ0v) is 16.9. The van der Waals surface area contributed by atoms with Gasteiger partial charge in [0.25, 0.3) is 5.91 Å². The Morgan fingerprint density at radius 2 is 1.89 bits per heavy atom. The summed E-state index contributed by atoms with van der Waals surface area (Å²) in [4.78, 5) is 18.3. The summed E-state index contributed by atoms with van der Waals surface area (Å²) in [6, 6.07) is 19.2. The van der Waals surface area contributed by atoms with Crippen LogP contribution in [-0.2, 0) is 0 Å². The third kappa shape index (κ3) is 4.13. The lowest BCUT2D eigenvalue weighted by Crippen LogP contribution is -2.16. The molecule has 4 nitrogen and oxygen atoms in total. The number of carbonyl (C=O) groups excluding carboxylic acids is 1. The van der Waals surface area contributed by atoms with Crippen LogP contribution in [0.4, 0.5) is 10.8 Å². The van der Waals surface area contributed by atoms with Gasteiger partial charge in [0.1, 0.15) is 10.8 Å². The number of benzene rings is 1. The number of rotatable bonds is 6. The molecule has 0 aliphatic rings. The van der Waals surface area contributed by atoms with Gasteiger partial charge in [0.05, 0.1) is 6.04 Å². The van der Waals surface area contributed by atoms with Gasteiger partial charge < -0.3 is 10.6 Å².